The van der Waals surface area contributed by atoms with Gasteiger partial charge in [0.2, 0.25) is 47.6 Å². The summed E-state index contributed by atoms with van der Waals surface area (Å²) in [4.78, 5) is 59.2. The SMILES string of the molecule is [B]NC(=O)CCC(CCC(=O)N[B])(CCC(=O)N[B])NC(=O)CCC(=O)C(C)C. The number of Topliss-reactive ketones (excluding diaryl/α,β-unsaturated/α-hetero) is 1. The fourth-order valence-corrected chi connectivity index (χ4v) is 2.72. The first-order chi connectivity index (χ1) is 13.6. The van der Waals surface area contributed by atoms with E-state index in [1.807, 2.05) is 15.7 Å². The molecule has 0 aromatic rings. The quantitative estimate of drug-likeness (QED) is 0.272. The number of amides is 4. The fraction of sp³-hybridized carbons (Fsp3) is 0.706. The molecular formula is C17H27B3N4O5. The number of hydrogen-bond donors (Lipinski definition) is 4. The van der Waals surface area contributed by atoms with Crippen molar-refractivity contribution in [3.05, 3.63) is 0 Å². The highest BCUT2D eigenvalue weighted by Gasteiger charge is 2.33. The lowest BCUT2D eigenvalue weighted by molar-refractivity contribution is -0.129. The van der Waals surface area contributed by atoms with Crippen molar-refractivity contribution in [1.82, 2.24) is 21.0 Å². The van der Waals surface area contributed by atoms with Crippen LogP contribution in [0.1, 0.15) is 65.2 Å². The van der Waals surface area contributed by atoms with Crippen LogP contribution < -0.4 is 21.0 Å². The van der Waals surface area contributed by atoms with E-state index in [2.05, 4.69) is 5.32 Å². The van der Waals surface area contributed by atoms with Crippen LogP contribution >= 0.6 is 0 Å². The Morgan fingerprint density at radius 3 is 1.34 bits per heavy atom. The van der Waals surface area contributed by atoms with Crippen LogP contribution in [0.15, 0.2) is 0 Å². The van der Waals surface area contributed by atoms with Crippen molar-refractivity contribution in [3.63, 3.8) is 0 Å². The zero-order valence-electron chi connectivity index (χ0n) is 17.0. The summed E-state index contributed by atoms with van der Waals surface area (Å²) in [7, 11) is 15.3. The molecule has 4 N–H and O–H groups in total. The highest BCUT2D eigenvalue weighted by atomic mass is 16.2. The number of rotatable bonds is 14. The van der Waals surface area contributed by atoms with Crippen molar-refractivity contribution in [2.45, 2.75) is 70.8 Å². The topological polar surface area (TPSA) is 133 Å². The van der Waals surface area contributed by atoms with E-state index in [1.165, 1.54) is 0 Å². The average molecular weight is 400 g/mol. The maximum atomic E-state index is 12.5. The summed E-state index contributed by atoms with van der Waals surface area (Å²) in [6, 6.07) is 0. The molecule has 9 nitrogen and oxygen atoms in total. The average Bonchev–Trinajstić information content (AvgIpc) is 2.71. The zero-order chi connectivity index (χ0) is 22.4. The maximum absolute atomic E-state index is 12.5. The van der Waals surface area contributed by atoms with Crippen LogP contribution in [0.4, 0.5) is 0 Å². The lowest BCUT2D eigenvalue weighted by atomic mass is 9.82. The molecule has 0 bridgehead atoms. The molecule has 0 heterocycles. The smallest absolute Gasteiger partial charge is 0.226 e. The fourth-order valence-electron chi connectivity index (χ4n) is 2.72. The monoisotopic (exact) mass is 400 g/mol. The minimum atomic E-state index is -1.07. The summed E-state index contributed by atoms with van der Waals surface area (Å²) in [6.07, 6.45) is 0.243. The Labute approximate surface area is 175 Å². The predicted molar refractivity (Wildman–Crippen MR) is 109 cm³/mol. The highest BCUT2D eigenvalue weighted by Crippen LogP contribution is 2.26. The van der Waals surface area contributed by atoms with Gasteiger partial charge in [0.05, 0.1) is 0 Å². The van der Waals surface area contributed by atoms with Crippen molar-refractivity contribution in [1.29, 1.82) is 0 Å². The van der Waals surface area contributed by atoms with Gasteiger partial charge in [0.25, 0.3) is 0 Å². The number of hydrogen-bond acceptors (Lipinski definition) is 5. The first-order valence-electron chi connectivity index (χ1n) is 9.41. The summed E-state index contributed by atoms with van der Waals surface area (Å²) in [5.41, 5.74) is -1.07. The number of ketones is 1. The molecule has 0 rings (SSSR count). The summed E-state index contributed by atoms with van der Waals surface area (Å²) < 4.78 is 0. The van der Waals surface area contributed by atoms with Gasteiger partial charge in [0.1, 0.15) is 5.78 Å². The molecule has 0 saturated carbocycles. The van der Waals surface area contributed by atoms with Gasteiger partial charge in [-0.1, -0.05) is 13.8 Å². The molecule has 0 aliphatic rings. The number of nitrogens with one attached hydrogen (secondary N) is 4. The Morgan fingerprint density at radius 1 is 0.655 bits per heavy atom. The summed E-state index contributed by atoms with van der Waals surface area (Å²) in [6.45, 7) is 3.49. The van der Waals surface area contributed by atoms with E-state index in [1.54, 1.807) is 13.8 Å². The predicted octanol–water partition coefficient (Wildman–Crippen LogP) is -1.21. The van der Waals surface area contributed by atoms with Gasteiger partial charge < -0.3 is 21.0 Å². The molecule has 12 heteroatoms. The maximum Gasteiger partial charge on any atom is 0.226 e. The van der Waals surface area contributed by atoms with Crippen LogP contribution in [0.3, 0.4) is 0 Å². The minimum Gasteiger partial charge on any atom is -0.409 e. The van der Waals surface area contributed by atoms with Crippen LogP contribution in [0.5, 0.6) is 0 Å². The molecule has 0 fully saturated rings. The van der Waals surface area contributed by atoms with Gasteiger partial charge in [-0.3, -0.25) is 24.0 Å². The third-order valence-electron chi connectivity index (χ3n) is 4.62. The van der Waals surface area contributed by atoms with E-state index < -0.39 is 29.2 Å². The minimum absolute atomic E-state index is 0.0454. The van der Waals surface area contributed by atoms with Crippen LogP contribution in [-0.2, 0) is 24.0 Å². The van der Waals surface area contributed by atoms with Crippen LogP contribution in [0.25, 0.3) is 0 Å². The second-order valence-corrected chi connectivity index (χ2v) is 7.15. The van der Waals surface area contributed by atoms with Gasteiger partial charge in [-0.2, -0.15) is 0 Å². The normalized spacial score (nSPS) is 10.9. The lowest BCUT2D eigenvalue weighted by Gasteiger charge is -2.35. The second-order valence-electron chi connectivity index (χ2n) is 7.15. The van der Waals surface area contributed by atoms with Gasteiger partial charge in [0, 0.05) is 43.6 Å². The molecule has 0 aromatic carbocycles. The summed E-state index contributed by atoms with van der Waals surface area (Å²) in [5.74, 6) is -2.07. The lowest BCUT2D eigenvalue weighted by Crippen LogP contribution is -2.50. The van der Waals surface area contributed by atoms with E-state index in [0.717, 1.165) is 0 Å². The second kappa shape index (κ2) is 13.8. The molecule has 6 radical (unpaired) electrons. The molecule has 0 aromatic heterocycles. The molecule has 154 valence electrons. The first-order valence-corrected chi connectivity index (χ1v) is 9.41. The number of carbonyl (C=O) groups excluding carboxylic acids is 5. The highest BCUT2D eigenvalue weighted by molar-refractivity contribution is 6.15. The van der Waals surface area contributed by atoms with Crippen molar-refractivity contribution >= 4 is 53.4 Å². The third kappa shape index (κ3) is 11.4. The summed E-state index contributed by atoms with van der Waals surface area (Å²) in [5, 5.41) is 8.81. The van der Waals surface area contributed by atoms with Gasteiger partial charge in [-0.25, -0.2) is 0 Å². The Hall–Kier alpha value is -2.26. The molecule has 4 amide bonds. The Bertz CT molecular complexity index is 551. The Kier molecular flexibility index (Phi) is 12.8. The molecular weight excluding hydrogens is 373 g/mol. The van der Waals surface area contributed by atoms with E-state index >= 15 is 0 Å². The molecule has 0 unspecified atom stereocenters. The van der Waals surface area contributed by atoms with Crippen molar-refractivity contribution in [2.24, 2.45) is 5.92 Å². The van der Waals surface area contributed by atoms with E-state index in [4.69, 9.17) is 23.9 Å². The molecule has 0 saturated heterocycles. The molecule has 0 atom stereocenters. The van der Waals surface area contributed by atoms with Gasteiger partial charge in [0.15, 0.2) is 0 Å². The van der Waals surface area contributed by atoms with Crippen LogP contribution in [0.2, 0.25) is 0 Å². The zero-order valence-corrected chi connectivity index (χ0v) is 17.0. The standard InChI is InChI=1S/C17H27B3N4O5/c1-11(2)12(25)3-4-13(26)21-17(8-5-14(27)22-18,9-6-15(28)23-19)10-7-16(29)24-20/h11H,3-10H2,1-2H3,(H,21,26)(H,22,27)(H,23,28)(H,24,29). The van der Waals surface area contributed by atoms with E-state index in [0.29, 0.717) is 0 Å². The van der Waals surface area contributed by atoms with Gasteiger partial charge in [-0.05, 0) is 19.3 Å². The number of carbonyl (C=O) groups is 5. The largest absolute Gasteiger partial charge is 0.409 e. The van der Waals surface area contributed by atoms with Crippen molar-refractivity contribution < 1.29 is 24.0 Å². The third-order valence-corrected chi connectivity index (χ3v) is 4.62. The van der Waals surface area contributed by atoms with E-state index in [9.17, 15) is 24.0 Å². The van der Waals surface area contributed by atoms with Gasteiger partial charge >= 0.3 is 0 Å². The van der Waals surface area contributed by atoms with Crippen molar-refractivity contribution in [3.8, 4) is 0 Å². The molecule has 29 heavy (non-hydrogen) atoms. The molecule has 0 aliphatic heterocycles. The van der Waals surface area contributed by atoms with E-state index in [-0.39, 0.29) is 63.1 Å². The van der Waals surface area contributed by atoms with Crippen LogP contribution in [0, 0.1) is 5.92 Å². The molecule has 0 aliphatic carbocycles. The molecule has 0 spiro atoms. The van der Waals surface area contributed by atoms with Gasteiger partial charge in [-0.15, -0.1) is 0 Å². The van der Waals surface area contributed by atoms with Crippen LogP contribution in [-0.4, -0.2) is 58.9 Å². The Balaban J connectivity index is 5.42. The first kappa shape index (κ1) is 26.7. The van der Waals surface area contributed by atoms with Crippen molar-refractivity contribution in [2.75, 3.05) is 0 Å². The summed E-state index contributed by atoms with van der Waals surface area (Å²) >= 11 is 0. The Morgan fingerprint density at radius 2 is 1.03 bits per heavy atom.